The third-order valence-corrected chi connectivity index (χ3v) is 4.21. The highest BCUT2D eigenvalue weighted by Crippen LogP contribution is 2.46. The van der Waals surface area contributed by atoms with Crippen LogP contribution in [0.5, 0.6) is 0 Å². The second-order valence-corrected chi connectivity index (χ2v) is 7.86. The van der Waals surface area contributed by atoms with Crippen LogP contribution in [0.15, 0.2) is 18.2 Å². The Balaban J connectivity index is 2.18. The Bertz CT molecular complexity index is 534. The molecule has 2 rings (SSSR count). The molecule has 0 saturated heterocycles. The highest BCUT2D eigenvalue weighted by atomic mass is 16.4. The molecule has 1 saturated carbocycles. The average Bonchev–Trinajstić information content (AvgIpc) is 2.27. The Morgan fingerprint density at radius 3 is 2.33 bits per heavy atom. The molecule has 0 radical (unpaired) electrons. The molecule has 1 fully saturated rings. The van der Waals surface area contributed by atoms with Crippen molar-refractivity contribution in [2.24, 2.45) is 10.8 Å². The maximum absolute atomic E-state index is 11.2. The van der Waals surface area contributed by atoms with E-state index in [1.807, 2.05) is 6.07 Å². The summed E-state index contributed by atoms with van der Waals surface area (Å²) in [7, 11) is 0. The molecular formula is C17H26N2O2. The first-order chi connectivity index (χ1) is 9.58. The minimum absolute atomic E-state index is 0.161. The predicted octanol–water partition coefficient (Wildman–Crippen LogP) is 3.98. The fourth-order valence-corrected chi connectivity index (χ4v) is 4.02. The number of hydrogen-bond donors (Lipinski definition) is 3. The quantitative estimate of drug-likeness (QED) is 0.736. The Kier molecular flexibility index (Phi) is 3.91. The summed E-state index contributed by atoms with van der Waals surface area (Å²) >= 11 is 0. The molecule has 0 atom stereocenters. The van der Waals surface area contributed by atoms with Gasteiger partial charge < -0.3 is 16.2 Å². The summed E-state index contributed by atoms with van der Waals surface area (Å²) in [6, 6.07) is 5.50. The van der Waals surface area contributed by atoms with Gasteiger partial charge in [0.15, 0.2) is 0 Å². The van der Waals surface area contributed by atoms with Crippen LogP contribution in [0.25, 0.3) is 0 Å². The van der Waals surface area contributed by atoms with Gasteiger partial charge in [0.2, 0.25) is 0 Å². The SMILES string of the molecule is CC1(C)CC(Nc2ccc(N)c(C(=O)O)c2)CC(C)(C)C1. The number of carbonyl (C=O) groups is 1. The van der Waals surface area contributed by atoms with Crippen molar-refractivity contribution in [3.05, 3.63) is 23.8 Å². The molecule has 1 aliphatic rings. The molecule has 4 N–H and O–H groups in total. The zero-order chi connectivity index (χ0) is 15.8. The van der Waals surface area contributed by atoms with Gasteiger partial charge in [-0.05, 0) is 48.3 Å². The van der Waals surface area contributed by atoms with Crippen LogP contribution in [-0.2, 0) is 0 Å². The van der Waals surface area contributed by atoms with Crippen molar-refractivity contribution in [3.63, 3.8) is 0 Å². The molecule has 1 aliphatic carbocycles. The van der Waals surface area contributed by atoms with E-state index in [0.29, 0.717) is 22.6 Å². The van der Waals surface area contributed by atoms with Gasteiger partial charge in [-0.3, -0.25) is 0 Å². The molecule has 0 aliphatic heterocycles. The highest BCUT2D eigenvalue weighted by Gasteiger charge is 2.38. The molecule has 0 heterocycles. The van der Waals surface area contributed by atoms with E-state index in [2.05, 4.69) is 33.0 Å². The van der Waals surface area contributed by atoms with Crippen molar-refractivity contribution in [2.75, 3.05) is 11.1 Å². The van der Waals surface area contributed by atoms with E-state index >= 15 is 0 Å². The minimum atomic E-state index is -0.986. The fourth-order valence-electron chi connectivity index (χ4n) is 4.02. The summed E-state index contributed by atoms with van der Waals surface area (Å²) < 4.78 is 0. The summed E-state index contributed by atoms with van der Waals surface area (Å²) in [6.45, 7) is 9.20. The lowest BCUT2D eigenvalue weighted by Crippen LogP contribution is -2.40. The van der Waals surface area contributed by atoms with Gasteiger partial charge in [-0.15, -0.1) is 0 Å². The zero-order valence-corrected chi connectivity index (χ0v) is 13.4. The van der Waals surface area contributed by atoms with Gasteiger partial charge in [-0.1, -0.05) is 27.7 Å². The fraction of sp³-hybridized carbons (Fsp3) is 0.588. The van der Waals surface area contributed by atoms with Crippen LogP contribution in [-0.4, -0.2) is 17.1 Å². The summed E-state index contributed by atoms with van der Waals surface area (Å²) in [5.41, 5.74) is 7.59. The van der Waals surface area contributed by atoms with Gasteiger partial charge in [0.05, 0.1) is 5.56 Å². The molecular weight excluding hydrogens is 264 g/mol. The molecule has 1 aromatic rings. The van der Waals surface area contributed by atoms with Crippen LogP contribution in [0.3, 0.4) is 0 Å². The van der Waals surface area contributed by atoms with E-state index in [0.717, 1.165) is 18.5 Å². The van der Waals surface area contributed by atoms with E-state index < -0.39 is 5.97 Å². The van der Waals surface area contributed by atoms with Crippen molar-refractivity contribution in [1.29, 1.82) is 0 Å². The predicted molar refractivity (Wildman–Crippen MR) is 86.6 cm³/mol. The maximum Gasteiger partial charge on any atom is 0.337 e. The third kappa shape index (κ3) is 3.90. The normalized spacial score (nSPS) is 21.0. The topological polar surface area (TPSA) is 75.3 Å². The number of nitrogens with one attached hydrogen (secondary N) is 1. The number of anilines is 2. The average molecular weight is 290 g/mol. The summed E-state index contributed by atoms with van der Waals surface area (Å²) in [6.07, 6.45) is 3.38. The van der Waals surface area contributed by atoms with Crippen LogP contribution in [0.4, 0.5) is 11.4 Å². The van der Waals surface area contributed by atoms with Gasteiger partial charge >= 0.3 is 5.97 Å². The standard InChI is InChI=1S/C17H26N2O2/c1-16(2)8-12(9-17(3,4)10-16)19-11-5-6-14(18)13(7-11)15(20)21/h5-7,12,19H,8-10,18H2,1-4H3,(H,20,21). The lowest BCUT2D eigenvalue weighted by atomic mass is 9.63. The van der Waals surface area contributed by atoms with Crippen LogP contribution < -0.4 is 11.1 Å². The monoisotopic (exact) mass is 290 g/mol. The summed E-state index contributed by atoms with van der Waals surface area (Å²) in [4.78, 5) is 11.2. The molecule has 4 heteroatoms. The van der Waals surface area contributed by atoms with Crippen molar-refractivity contribution < 1.29 is 9.90 Å². The van der Waals surface area contributed by atoms with Crippen LogP contribution >= 0.6 is 0 Å². The molecule has 4 nitrogen and oxygen atoms in total. The van der Waals surface area contributed by atoms with E-state index in [1.165, 1.54) is 6.42 Å². The number of benzene rings is 1. The first kappa shape index (κ1) is 15.7. The zero-order valence-electron chi connectivity index (χ0n) is 13.4. The Morgan fingerprint density at radius 2 is 1.81 bits per heavy atom. The number of rotatable bonds is 3. The molecule has 0 spiro atoms. The maximum atomic E-state index is 11.2. The van der Waals surface area contributed by atoms with Crippen molar-refractivity contribution in [1.82, 2.24) is 0 Å². The van der Waals surface area contributed by atoms with E-state index in [-0.39, 0.29) is 5.56 Å². The molecule has 1 aromatic carbocycles. The summed E-state index contributed by atoms with van der Waals surface area (Å²) in [5, 5.41) is 12.7. The molecule has 0 aromatic heterocycles. The van der Waals surface area contributed by atoms with Gasteiger partial charge in [0.1, 0.15) is 0 Å². The number of carboxylic acid groups (broad SMARTS) is 1. The number of nitrogens with two attached hydrogens (primary N) is 1. The van der Waals surface area contributed by atoms with Crippen molar-refractivity contribution in [2.45, 2.75) is 53.0 Å². The Hall–Kier alpha value is -1.71. The lowest BCUT2D eigenvalue weighted by Gasteiger charge is -2.45. The number of hydrogen-bond acceptors (Lipinski definition) is 3. The summed E-state index contributed by atoms with van der Waals surface area (Å²) in [5.74, 6) is -0.986. The smallest absolute Gasteiger partial charge is 0.337 e. The van der Waals surface area contributed by atoms with Crippen molar-refractivity contribution >= 4 is 17.3 Å². The van der Waals surface area contributed by atoms with Crippen LogP contribution in [0.2, 0.25) is 0 Å². The number of aromatic carboxylic acids is 1. The largest absolute Gasteiger partial charge is 0.478 e. The van der Waals surface area contributed by atoms with Crippen molar-refractivity contribution in [3.8, 4) is 0 Å². The molecule has 21 heavy (non-hydrogen) atoms. The molecule has 0 amide bonds. The highest BCUT2D eigenvalue weighted by molar-refractivity contribution is 5.94. The number of nitrogen functional groups attached to an aromatic ring is 1. The van der Waals surface area contributed by atoms with Gasteiger partial charge in [-0.25, -0.2) is 4.79 Å². The van der Waals surface area contributed by atoms with E-state index in [4.69, 9.17) is 10.8 Å². The Labute approximate surface area is 126 Å². The van der Waals surface area contributed by atoms with Gasteiger partial charge in [0.25, 0.3) is 0 Å². The van der Waals surface area contributed by atoms with Crippen LogP contribution in [0, 0.1) is 10.8 Å². The lowest BCUT2D eigenvalue weighted by molar-refractivity contribution is 0.0698. The second kappa shape index (κ2) is 5.24. The third-order valence-electron chi connectivity index (χ3n) is 4.21. The minimum Gasteiger partial charge on any atom is -0.478 e. The molecule has 116 valence electrons. The van der Waals surface area contributed by atoms with Crippen LogP contribution in [0.1, 0.15) is 57.3 Å². The van der Waals surface area contributed by atoms with Gasteiger partial charge in [-0.2, -0.15) is 0 Å². The molecule has 0 unspecified atom stereocenters. The first-order valence-corrected chi connectivity index (χ1v) is 7.47. The Morgan fingerprint density at radius 1 is 1.24 bits per heavy atom. The van der Waals surface area contributed by atoms with E-state index in [1.54, 1.807) is 12.1 Å². The van der Waals surface area contributed by atoms with Gasteiger partial charge in [0, 0.05) is 17.4 Å². The first-order valence-electron chi connectivity index (χ1n) is 7.47. The van der Waals surface area contributed by atoms with E-state index in [9.17, 15) is 4.79 Å². The number of carboxylic acids is 1. The molecule has 0 bridgehead atoms. The second-order valence-electron chi connectivity index (χ2n) is 7.86.